The van der Waals surface area contributed by atoms with Gasteiger partial charge in [-0.15, -0.1) is 0 Å². The third-order valence-corrected chi connectivity index (χ3v) is 6.53. The maximum Gasteiger partial charge on any atom is 0.270 e. The van der Waals surface area contributed by atoms with Gasteiger partial charge < -0.3 is 0 Å². The zero-order valence-corrected chi connectivity index (χ0v) is 15.5. The Morgan fingerprint density at radius 1 is 1.33 bits per heavy atom. The predicted molar refractivity (Wildman–Crippen MR) is 99.6 cm³/mol. The summed E-state index contributed by atoms with van der Waals surface area (Å²) in [5, 5.41) is 1.24. The molecular formula is C20H21FNOSi. The molecule has 1 atom stereocenters. The Kier molecular flexibility index (Phi) is 4.26. The molecule has 2 aliphatic carbocycles. The van der Waals surface area contributed by atoms with Gasteiger partial charge in [-0.05, 0) is 47.6 Å². The summed E-state index contributed by atoms with van der Waals surface area (Å²) in [5.41, 5.74) is 12.6. The van der Waals surface area contributed by atoms with Gasteiger partial charge in [0.15, 0.2) is 0 Å². The van der Waals surface area contributed by atoms with Crippen LogP contribution in [0.15, 0.2) is 35.4 Å². The van der Waals surface area contributed by atoms with Crippen LogP contribution in [-0.2, 0) is 11.2 Å². The molecule has 24 heavy (non-hydrogen) atoms. The minimum absolute atomic E-state index is 0.194. The van der Waals surface area contributed by atoms with Gasteiger partial charge in [0.1, 0.15) is 5.82 Å². The molecule has 123 valence electrons. The number of carbonyl (C=O) groups is 1. The van der Waals surface area contributed by atoms with Crippen LogP contribution in [0.4, 0.5) is 4.39 Å². The number of amides is 1. The number of fused-ring (bicyclic) bond motifs is 1. The third-order valence-electron chi connectivity index (χ3n) is 4.74. The molecule has 0 saturated heterocycles. The van der Waals surface area contributed by atoms with Crippen LogP contribution in [0.25, 0.3) is 11.6 Å². The smallest absolute Gasteiger partial charge is 0.267 e. The molecule has 0 heterocycles. The quantitative estimate of drug-likeness (QED) is 0.750. The van der Waals surface area contributed by atoms with Crippen LogP contribution < -0.4 is 5.73 Å². The van der Waals surface area contributed by atoms with E-state index < -0.39 is 14.3 Å². The zero-order valence-electron chi connectivity index (χ0n) is 14.5. The fraction of sp³-hybridized carbons (Fsp3) is 0.300. The van der Waals surface area contributed by atoms with Crippen molar-refractivity contribution in [1.82, 2.24) is 5.73 Å². The number of nitrogens with one attached hydrogen (secondary N) is 1. The summed E-state index contributed by atoms with van der Waals surface area (Å²) in [6.07, 6.45) is 6.41. The van der Waals surface area contributed by atoms with Gasteiger partial charge in [-0.3, -0.25) is 10.5 Å². The topological polar surface area (TPSA) is 40.9 Å². The minimum Gasteiger partial charge on any atom is -0.267 e. The van der Waals surface area contributed by atoms with E-state index in [1.165, 1.54) is 11.2 Å². The highest BCUT2D eigenvalue weighted by atomic mass is 28.2. The van der Waals surface area contributed by atoms with Crippen LogP contribution in [0, 0.1) is 11.7 Å². The van der Waals surface area contributed by atoms with Crippen LogP contribution in [-0.4, -0.2) is 19.5 Å². The van der Waals surface area contributed by atoms with E-state index in [0.29, 0.717) is 17.6 Å². The molecule has 2 nitrogen and oxygen atoms in total. The number of rotatable bonds is 2. The maximum absolute atomic E-state index is 14.2. The Bertz CT molecular complexity index is 870. The summed E-state index contributed by atoms with van der Waals surface area (Å²) in [7, 11) is -0.827. The van der Waals surface area contributed by atoms with E-state index in [0.717, 1.165) is 22.3 Å². The molecule has 4 heteroatoms. The lowest BCUT2D eigenvalue weighted by atomic mass is 9.83. The number of carbonyl (C=O) groups excluding carboxylic acids is 1. The highest BCUT2D eigenvalue weighted by Gasteiger charge is 2.28. The molecule has 0 aliphatic heterocycles. The van der Waals surface area contributed by atoms with Gasteiger partial charge in [-0.1, -0.05) is 55.1 Å². The van der Waals surface area contributed by atoms with Crippen molar-refractivity contribution < 1.29 is 9.18 Å². The lowest BCUT2D eigenvalue weighted by Crippen LogP contribution is -2.26. The maximum atomic E-state index is 14.2. The normalized spacial score (nSPS) is 19.5. The van der Waals surface area contributed by atoms with E-state index in [9.17, 15) is 9.18 Å². The third kappa shape index (κ3) is 2.65. The lowest BCUT2D eigenvalue weighted by molar-refractivity contribution is -0.114. The van der Waals surface area contributed by atoms with Gasteiger partial charge in [0.2, 0.25) is 0 Å². The highest BCUT2D eigenvalue weighted by molar-refractivity contribution is 6.77. The standard InChI is InChI=1S/C20H21FNOSi/c1-11-9-15-13(7-8-17(21)16(15)10-11)18-14(20(22)23)6-5-12(2)19(18)24(3)4/h5-9,12,22H,10H2,1-4H3. The fourth-order valence-corrected chi connectivity index (χ4v) is 5.53. The van der Waals surface area contributed by atoms with E-state index in [-0.39, 0.29) is 11.7 Å². The van der Waals surface area contributed by atoms with Gasteiger partial charge >= 0.3 is 0 Å². The van der Waals surface area contributed by atoms with Crippen molar-refractivity contribution in [2.24, 2.45) is 5.92 Å². The van der Waals surface area contributed by atoms with Gasteiger partial charge in [0.25, 0.3) is 5.91 Å². The number of hydrogen-bond donors (Lipinski definition) is 0. The van der Waals surface area contributed by atoms with Crippen LogP contribution in [0.5, 0.6) is 0 Å². The van der Waals surface area contributed by atoms with Gasteiger partial charge in [-0.2, -0.15) is 0 Å². The predicted octanol–water partition coefficient (Wildman–Crippen LogP) is 4.06. The molecule has 1 unspecified atom stereocenters. The van der Waals surface area contributed by atoms with E-state index in [2.05, 4.69) is 20.0 Å². The fourth-order valence-electron chi connectivity index (χ4n) is 3.75. The van der Waals surface area contributed by atoms with Crippen molar-refractivity contribution in [3.8, 4) is 0 Å². The van der Waals surface area contributed by atoms with E-state index >= 15 is 0 Å². The van der Waals surface area contributed by atoms with Crippen LogP contribution in [0.3, 0.4) is 0 Å². The summed E-state index contributed by atoms with van der Waals surface area (Å²) < 4.78 is 14.2. The average molecular weight is 338 g/mol. The summed E-state index contributed by atoms with van der Waals surface area (Å²) in [5.74, 6) is -0.634. The molecule has 3 rings (SSSR count). The van der Waals surface area contributed by atoms with E-state index in [1.807, 2.05) is 19.1 Å². The molecule has 1 aromatic carbocycles. The van der Waals surface area contributed by atoms with Gasteiger partial charge in [0.05, 0.1) is 0 Å². The molecule has 0 saturated carbocycles. The minimum atomic E-state index is -0.827. The SMILES string of the molecule is CC1=Cc2c(C3=C(C([NH])=O)C=CC(C)C3=[Si](C)C)ccc(F)c2C1. The monoisotopic (exact) mass is 338 g/mol. The Balaban J connectivity index is 2.37. The number of hydrogen-bond acceptors (Lipinski definition) is 1. The highest BCUT2D eigenvalue weighted by Crippen LogP contribution is 2.37. The molecular weight excluding hydrogens is 317 g/mol. The molecule has 0 spiro atoms. The van der Waals surface area contributed by atoms with Crippen LogP contribution in [0.2, 0.25) is 13.1 Å². The largest absolute Gasteiger partial charge is 0.270 e. The molecule has 2 aliphatic rings. The molecule has 1 radical (unpaired) electrons. The van der Waals surface area contributed by atoms with Gasteiger partial charge in [0, 0.05) is 14.0 Å². The molecule has 1 N–H and O–H groups in total. The second-order valence-corrected chi connectivity index (χ2v) is 9.37. The second-order valence-electron chi connectivity index (χ2n) is 6.83. The second kappa shape index (κ2) is 6.09. The molecule has 1 aromatic rings. The summed E-state index contributed by atoms with van der Waals surface area (Å²) >= 11 is 0. The summed E-state index contributed by atoms with van der Waals surface area (Å²) in [4.78, 5) is 12.0. The Labute approximate surface area is 143 Å². The zero-order chi connectivity index (χ0) is 17.6. The first-order valence-corrected chi connectivity index (χ1v) is 10.7. The first-order valence-electron chi connectivity index (χ1n) is 8.16. The van der Waals surface area contributed by atoms with Gasteiger partial charge in [-0.25, -0.2) is 4.39 Å². The molecule has 1 amide bonds. The molecule has 0 aromatic heterocycles. The number of benzene rings is 1. The van der Waals surface area contributed by atoms with Crippen LogP contribution >= 0.6 is 0 Å². The van der Waals surface area contributed by atoms with Crippen molar-refractivity contribution in [3.05, 3.63) is 57.9 Å². The first kappa shape index (κ1) is 16.8. The van der Waals surface area contributed by atoms with Crippen molar-refractivity contribution >= 4 is 31.1 Å². The summed E-state index contributed by atoms with van der Waals surface area (Å²) in [6, 6.07) is 3.27. The molecule has 0 bridgehead atoms. The summed E-state index contributed by atoms with van der Waals surface area (Å²) in [6.45, 7) is 8.52. The van der Waals surface area contributed by atoms with Crippen molar-refractivity contribution in [2.45, 2.75) is 33.4 Å². The molecule has 0 fully saturated rings. The Morgan fingerprint density at radius 2 is 2.04 bits per heavy atom. The van der Waals surface area contributed by atoms with Crippen molar-refractivity contribution in [3.63, 3.8) is 0 Å². The lowest BCUT2D eigenvalue weighted by Gasteiger charge is -2.26. The number of allylic oxidation sites excluding steroid dienone is 3. The number of halogens is 1. The van der Waals surface area contributed by atoms with Crippen molar-refractivity contribution in [2.75, 3.05) is 0 Å². The average Bonchev–Trinajstić information content (AvgIpc) is 2.89. The van der Waals surface area contributed by atoms with Crippen LogP contribution in [0.1, 0.15) is 30.5 Å². The van der Waals surface area contributed by atoms with Crippen molar-refractivity contribution in [1.29, 1.82) is 0 Å². The van der Waals surface area contributed by atoms with E-state index in [1.54, 1.807) is 12.1 Å². The van der Waals surface area contributed by atoms with E-state index in [4.69, 9.17) is 5.73 Å². The Morgan fingerprint density at radius 3 is 2.67 bits per heavy atom. The Hall–Kier alpha value is -2.07. The first-order chi connectivity index (χ1) is 11.3.